The van der Waals surface area contributed by atoms with Gasteiger partial charge in [-0.15, -0.1) is 0 Å². The minimum Gasteiger partial charge on any atom is -0.467 e. The number of carbonyl (C=O) groups is 3. The molecule has 3 rings (SSSR count). The summed E-state index contributed by atoms with van der Waals surface area (Å²) in [4.78, 5) is 45.8. The van der Waals surface area contributed by atoms with E-state index in [0.717, 1.165) is 17.5 Å². The summed E-state index contributed by atoms with van der Waals surface area (Å²) in [6.07, 6.45) is 0.845. The monoisotopic (exact) mass is 487 g/mol. The number of hydrogen-bond donors (Lipinski definition) is 2. The van der Waals surface area contributed by atoms with E-state index < -0.39 is 24.2 Å². The van der Waals surface area contributed by atoms with E-state index in [4.69, 9.17) is 14.1 Å². The van der Waals surface area contributed by atoms with Gasteiger partial charge in [-0.2, -0.15) is 4.98 Å². The minimum absolute atomic E-state index is 0.0298. The van der Waals surface area contributed by atoms with Crippen LogP contribution in [0.3, 0.4) is 0 Å². The van der Waals surface area contributed by atoms with Crippen LogP contribution in [0.4, 0.5) is 4.79 Å². The Bertz CT molecular complexity index is 1050. The molecule has 0 unspecified atom stereocenters. The van der Waals surface area contributed by atoms with Crippen LogP contribution in [-0.2, 0) is 23.9 Å². The molecule has 0 fully saturated rings. The molecule has 0 bridgehead atoms. The first-order valence-electron chi connectivity index (χ1n) is 11.3. The van der Waals surface area contributed by atoms with Gasteiger partial charge >= 0.3 is 12.1 Å². The number of nitrogens with one attached hydrogen (secondary N) is 2. The lowest BCUT2D eigenvalue weighted by Crippen LogP contribution is -2.49. The van der Waals surface area contributed by atoms with Gasteiger partial charge in [0.15, 0.2) is 0 Å². The molecule has 188 valence electrons. The number of benzene rings is 1. The number of aromatic nitrogens is 2. The summed E-state index contributed by atoms with van der Waals surface area (Å²) in [6.45, 7) is 3.78. The van der Waals surface area contributed by atoms with Crippen molar-refractivity contribution in [2.75, 3.05) is 20.3 Å². The van der Waals surface area contributed by atoms with E-state index >= 15 is 0 Å². The Morgan fingerprint density at radius 2 is 1.94 bits per heavy atom. The van der Waals surface area contributed by atoms with Gasteiger partial charge in [0.1, 0.15) is 12.1 Å². The van der Waals surface area contributed by atoms with Gasteiger partial charge in [0.2, 0.25) is 17.6 Å². The third-order valence-corrected chi connectivity index (χ3v) is 5.16. The second kappa shape index (κ2) is 12.5. The summed E-state index contributed by atoms with van der Waals surface area (Å²) < 4.78 is 14.7. The molecule has 1 aliphatic heterocycles. The minimum atomic E-state index is -1.07. The number of amides is 2. The van der Waals surface area contributed by atoms with Crippen molar-refractivity contribution in [2.24, 2.45) is 5.16 Å². The molecule has 2 aromatic rings. The number of carbonyl (C=O) groups excluding carboxylic acids is 3. The molecule has 12 nitrogen and oxygen atoms in total. The number of hydrogen-bond acceptors (Lipinski definition) is 10. The molecule has 1 aromatic carbocycles. The molecule has 12 heteroatoms. The van der Waals surface area contributed by atoms with Crippen molar-refractivity contribution in [3.05, 3.63) is 35.7 Å². The average molecular weight is 488 g/mol. The van der Waals surface area contributed by atoms with Crippen LogP contribution >= 0.6 is 0 Å². The Kier molecular flexibility index (Phi) is 9.16. The predicted molar refractivity (Wildman–Crippen MR) is 123 cm³/mol. The van der Waals surface area contributed by atoms with Gasteiger partial charge in [-0.25, -0.2) is 9.59 Å². The van der Waals surface area contributed by atoms with Gasteiger partial charge in [0, 0.05) is 25.5 Å². The highest BCUT2D eigenvalue weighted by molar-refractivity contribution is 6.01. The number of methoxy groups -OCH3 is 1. The number of esters is 1. The summed E-state index contributed by atoms with van der Waals surface area (Å²) in [5.74, 6) is -0.0641. The summed E-state index contributed by atoms with van der Waals surface area (Å²) in [5, 5.41) is 13.0. The third-order valence-electron chi connectivity index (χ3n) is 5.16. The first kappa shape index (κ1) is 25.7. The number of rotatable bonds is 11. The van der Waals surface area contributed by atoms with E-state index in [-0.39, 0.29) is 25.5 Å². The molecule has 2 N–H and O–H groups in total. The second-order valence-electron chi connectivity index (χ2n) is 7.90. The summed E-state index contributed by atoms with van der Waals surface area (Å²) >= 11 is 0. The molecule has 2 heterocycles. The molecule has 1 aliphatic rings. The standard InChI is InChI=1S/C23H29N5O7/c1-4-5-10-33-23(31)26-19(22(30)32-3)13-24-20(29)12-17-11-18(27-35-17)15-6-8-16(9-7-15)21-25-14(2)34-28-21/h6-9,17,19H,4-5,10-13H2,1-3H3,(H,24,29)(H,26,31)/t17-,19+/m1/s1. The molecule has 35 heavy (non-hydrogen) atoms. The lowest BCUT2D eigenvalue weighted by molar-refractivity contribution is -0.143. The molecule has 2 atom stereocenters. The highest BCUT2D eigenvalue weighted by Crippen LogP contribution is 2.22. The normalized spacial score (nSPS) is 15.5. The van der Waals surface area contributed by atoms with E-state index in [0.29, 0.717) is 30.3 Å². The van der Waals surface area contributed by atoms with E-state index in [9.17, 15) is 14.4 Å². The molecule has 2 amide bonds. The molecular weight excluding hydrogens is 458 g/mol. The Balaban J connectivity index is 1.45. The number of ether oxygens (including phenoxy) is 2. The molecule has 0 spiro atoms. The zero-order valence-corrected chi connectivity index (χ0v) is 19.9. The lowest BCUT2D eigenvalue weighted by atomic mass is 10.0. The fourth-order valence-electron chi connectivity index (χ4n) is 3.26. The van der Waals surface area contributed by atoms with Crippen LogP contribution in [0.5, 0.6) is 0 Å². The largest absolute Gasteiger partial charge is 0.467 e. The van der Waals surface area contributed by atoms with Crippen LogP contribution in [-0.4, -0.2) is 66.2 Å². The van der Waals surface area contributed by atoms with Gasteiger partial charge < -0.3 is 29.5 Å². The van der Waals surface area contributed by atoms with Gasteiger partial charge in [0.25, 0.3) is 0 Å². The zero-order valence-electron chi connectivity index (χ0n) is 19.9. The highest BCUT2D eigenvalue weighted by atomic mass is 16.6. The Labute approximate surface area is 202 Å². The van der Waals surface area contributed by atoms with Crippen molar-refractivity contribution in [2.45, 2.75) is 51.7 Å². The lowest BCUT2D eigenvalue weighted by Gasteiger charge is -2.17. The quantitative estimate of drug-likeness (QED) is 0.358. The maximum atomic E-state index is 12.4. The summed E-state index contributed by atoms with van der Waals surface area (Å²) in [5.41, 5.74) is 2.38. The zero-order chi connectivity index (χ0) is 25.2. The van der Waals surface area contributed by atoms with Crippen LogP contribution in [0.15, 0.2) is 33.9 Å². The first-order valence-corrected chi connectivity index (χ1v) is 11.3. The van der Waals surface area contributed by atoms with Gasteiger partial charge in [-0.3, -0.25) is 4.79 Å². The number of unbranched alkanes of at least 4 members (excludes halogenated alkanes) is 1. The maximum absolute atomic E-state index is 12.4. The van der Waals surface area contributed by atoms with Crippen molar-refractivity contribution < 1.29 is 33.2 Å². The number of oxime groups is 1. The van der Waals surface area contributed by atoms with Crippen LogP contribution in [0.2, 0.25) is 0 Å². The van der Waals surface area contributed by atoms with Crippen LogP contribution < -0.4 is 10.6 Å². The molecular formula is C23H29N5O7. The third kappa shape index (κ3) is 7.52. The van der Waals surface area contributed by atoms with Gasteiger partial charge in [-0.05, 0) is 12.0 Å². The Morgan fingerprint density at radius 3 is 2.60 bits per heavy atom. The molecule has 0 saturated carbocycles. The van der Waals surface area contributed by atoms with E-state index in [2.05, 4.69) is 30.7 Å². The van der Waals surface area contributed by atoms with Crippen LogP contribution in [0.1, 0.15) is 44.1 Å². The van der Waals surface area contributed by atoms with Gasteiger partial charge in [-0.1, -0.05) is 47.9 Å². The highest BCUT2D eigenvalue weighted by Gasteiger charge is 2.27. The van der Waals surface area contributed by atoms with E-state index in [1.165, 1.54) is 7.11 Å². The predicted octanol–water partition coefficient (Wildman–Crippen LogP) is 2.11. The number of alkyl carbamates (subject to hydrolysis) is 1. The molecule has 1 aromatic heterocycles. The number of nitrogens with zero attached hydrogens (tertiary/aromatic N) is 3. The Morgan fingerprint density at radius 1 is 1.20 bits per heavy atom. The molecule has 0 radical (unpaired) electrons. The SMILES string of the molecule is CCCCOC(=O)N[C@@H](CNC(=O)C[C@H]1CC(c2ccc(-c3noc(C)n3)cc2)=NO1)C(=O)OC. The average Bonchev–Trinajstić information content (AvgIpc) is 3.50. The number of aryl methyl sites for hydroxylation is 1. The topological polar surface area (TPSA) is 154 Å². The van der Waals surface area contributed by atoms with Crippen LogP contribution in [0.25, 0.3) is 11.4 Å². The Hall–Kier alpha value is -3.96. The fourth-order valence-corrected chi connectivity index (χ4v) is 3.26. The van der Waals surface area contributed by atoms with Crippen molar-refractivity contribution in [1.29, 1.82) is 0 Å². The maximum Gasteiger partial charge on any atom is 0.407 e. The first-order chi connectivity index (χ1) is 16.9. The van der Waals surface area contributed by atoms with E-state index in [1.807, 2.05) is 31.2 Å². The molecule has 0 aliphatic carbocycles. The summed E-state index contributed by atoms with van der Waals surface area (Å²) in [6, 6.07) is 6.39. The fraction of sp³-hybridized carbons (Fsp3) is 0.478. The van der Waals surface area contributed by atoms with Crippen molar-refractivity contribution in [3.8, 4) is 11.4 Å². The van der Waals surface area contributed by atoms with Crippen molar-refractivity contribution >= 4 is 23.7 Å². The van der Waals surface area contributed by atoms with Crippen LogP contribution in [0, 0.1) is 6.92 Å². The van der Waals surface area contributed by atoms with Gasteiger partial charge in [0.05, 0.1) is 25.8 Å². The molecule has 0 saturated heterocycles. The van der Waals surface area contributed by atoms with E-state index in [1.54, 1.807) is 6.92 Å². The van der Waals surface area contributed by atoms with Crippen molar-refractivity contribution in [1.82, 2.24) is 20.8 Å². The second-order valence-corrected chi connectivity index (χ2v) is 7.90. The smallest absolute Gasteiger partial charge is 0.407 e. The summed E-state index contributed by atoms with van der Waals surface area (Å²) in [7, 11) is 1.20. The van der Waals surface area contributed by atoms with Crippen molar-refractivity contribution in [3.63, 3.8) is 0 Å².